The number of nitrogens with zero attached hydrogens (tertiary/aromatic N) is 3. The van der Waals surface area contributed by atoms with Gasteiger partial charge in [0.25, 0.3) is 0 Å². The first-order valence-corrected chi connectivity index (χ1v) is 5.47. The molecule has 0 aliphatic carbocycles. The number of nitrogens with one attached hydrogen (secondary N) is 1. The van der Waals surface area contributed by atoms with Crippen molar-refractivity contribution >= 4 is 23.3 Å². The van der Waals surface area contributed by atoms with E-state index in [1.54, 1.807) is 48.3 Å². The minimum absolute atomic E-state index is 0.191. The van der Waals surface area contributed by atoms with Crippen LogP contribution >= 0.6 is 11.6 Å². The molecule has 6 heteroatoms. The molecule has 88 valence electrons. The molecule has 2 aromatic heterocycles. The maximum absolute atomic E-state index is 11.9. The van der Waals surface area contributed by atoms with Gasteiger partial charge in [0, 0.05) is 12.4 Å². The van der Waals surface area contributed by atoms with Gasteiger partial charge in [-0.2, -0.15) is 5.10 Å². The number of pyridine rings is 1. The number of amides is 1. The van der Waals surface area contributed by atoms with Crippen LogP contribution in [0.4, 0.5) is 5.82 Å². The second-order valence-electron chi connectivity index (χ2n) is 3.50. The molecule has 0 spiro atoms. The number of anilines is 1. The minimum atomic E-state index is -0.397. The van der Waals surface area contributed by atoms with Crippen LogP contribution in [-0.4, -0.2) is 20.7 Å². The van der Waals surface area contributed by atoms with Crippen LogP contribution in [0.1, 0.15) is 13.0 Å². The van der Waals surface area contributed by atoms with Crippen LogP contribution in [0.2, 0.25) is 5.15 Å². The Morgan fingerprint density at radius 2 is 2.29 bits per heavy atom. The molecule has 5 nitrogen and oxygen atoms in total. The number of carbonyl (C=O) groups excluding carboxylic acids is 1. The molecule has 0 aliphatic rings. The van der Waals surface area contributed by atoms with Crippen molar-refractivity contribution in [3.05, 3.63) is 41.8 Å². The van der Waals surface area contributed by atoms with Crippen molar-refractivity contribution in [3.8, 4) is 0 Å². The molecular weight excluding hydrogens is 240 g/mol. The molecule has 0 aromatic carbocycles. The van der Waals surface area contributed by atoms with Gasteiger partial charge in [-0.15, -0.1) is 0 Å². The predicted molar refractivity (Wildman–Crippen MR) is 64.8 cm³/mol. The van der Waals surface area contributed by atoms with Gasteiger partial charge in [0.15, 0.2) is 0 Å². The molecule has 1 N–H and O–H groups in total. The summed E-state index contributed by atoms with van der Waals surface area (Å²) in [6, 6.07) is 6.42. The van der Waals surface area contributed by atoms with E-state index in [9.17, 15) is 4.79 Å². The van der Waals surface area contributed by atoms with Crippen LogP contribution in [0.15, 0.2) is 36.7 Å². The second kappa shape index (κ2) is 4.97. The van der Waals surface area contributed by atoms with Crippen molar-refractivity contribution in [2.24, 2.45) is 0 Å². The molecule has 0 saturated carbocycles. The molecule has 0 saturated heterocycles. The van der Waals surface area contributed by atoms with Gasteiger partial charge in [0.1, 0.15) is 17.0 Å². The molecule has 2 heterocycles. The summed E-state index contributed by atoms with van der Waals surface area (Å²) in [5.74, 6) is 0.241. The standard InChI is InChI=1S/C11H11ClN4O/c1-8(16-7-3-6-13-16)11(17)15-10-5-2-4-9(12)14-10/h2-8H,1H3,(H,14,15,17). The number of hydrogen-bond acceptors (Lipinski definition) is 3. The SMILES string of the molecule is CC(C(=O)Nc1cccc(Cl)n1)n1cccn1. The summed E-state index contributed by atoms with van der Waals surface area (Å²) < 4.78 is 1.57. The Balaban J connectivity index is 2.07. The highest BCUT2D eigenvalue weighted by atomic mass is 35.5. The summed E-state index contributed by atoms with van der Waals surface area (Å²) in [7, 11) is 0. The summed E-state index contributed by atoms with van der Waals surface area (Å²) in [4.78, 5) is 15.8. The molecule has 17 heavy (non-hydrogen) atoms. The molecule has 1 atom stereocenters. The van der Waals surface area contributed by atoms with Gasteiger partial charge < -0.3 is 5.32 Å². The van der Waals surface area contributed by atoms with E-state index in [1.807, 2.05) is 0 Å². The van der Waals surface area contributed by atoms with Crippen LogP contribution in [0, 0.1) is 0 Å². The van der Waals surface area contributed by atoms with Gasteiger partial charge in [-0.25, -0.2) is 4.98 Å². The lowest BCUT2D eigenvalue weighted by atomic mass is 10.3. The normalized spacial score (nSPS) is 12.1. The number of rotatable bonds is 3. The quantitative estimate of drug-likeness (QED) is 0.849. The third-order valence-corrected chi connectivity index (χ3v) is 2.48. The summed E-state index contributed by atoms with van der Waals surface area (Å²) in [6.45, 7) is 1.76. The van der Waals surface area contributed by atoms with Gasteiger partial charge in [0.05, 0.1) is 0 Å². The monoisotopic (exact) mass is 250 g/mol. The Morgan fingerprint density at radius 3 is 2.94 bits per heavy atom. The number of aromatic nitrogens is 3. The molecule has 2 aromatic rings. The summed E-state index contributed by atoms with van der Waals surface area (Å²) in [5, 5.41) is 7.02. The average Bonchev–Trinajstić information content (AvgIpc) is 2.81. The van der Waals surface area contributed by atoms with E-state index in [-0.39, 0.29) is 5.91 Å². The lowest BCUT2D eigenvalue weighted by Crippen LogP contribution is -2.24. The Morgan fingerprint density at radius 1 is 1.47 bits per heavy atom. The topological polar surface area (TPSA) is 59.8 Å². The molecular formula is C11H11ClN4O. The third-order valence-electron chi connectivity index (χ3n) is 2.27. The van der Waals surface area contributed by atoms with Gasteiger partial charge in [0.2, 0.25) is 5.91 Å². The second-order valence-corrected chi connectivity index (χ2v) is 3.88. The molecule has 0 bridgehead atoms. The summed E-state index contributed by atoms with van der Waals surface area (Å²) in [6.07, 6.45) is 3.36. The Labute approximate surface area is 103 Å². The van der Waals surface area contributed by atoms with Crippen LogP contribution in [-0.2, 0) is 4.79 Å². The molecule has 0 fully saturated rings. The lowest BCUT2D eigenvalue weighted by Gasteiger charge is -2.12. The highest BCUT2D eigenvalue weighted by molar-refractivity contribution is 6.29. The first-order chi connectivity index (χ1) is 8.16. The fourth-order valence-electron chi connectivity index (χ4n) is 1.34. The Kier molecular flexibility index (Phi) is 3.39. The van der Waals surface area contributed by atoms with Crippen molar-refractivity contribution in [1.29, 1.82) is 0 Å². The predicted octanol–water partition coefficient (Wildman–Crippen LogP) is 2.13. The summed E-state index contributed by atoms with van der Waals surface area (Å²) >= 11 is 5.73. The molecule has 1 unspecified atom stereocenters. The van der Waals surface area contributed by atoms with Crippen LogP contribution in [0.3, 0.4) is 0 Å². The van der Waals surface area contributed by atoms with Crippen molar-refractivity contribution in [2.75, 3.05) is 5.32 Å². The van der Waals surface area contributed by atoms with Crippen LogP contribution in [0.25, 0.3) is 0 Å². The smallest absolute Gasteiger partial charge is 0.250 e. The van der Waals surface area contributed by atoms with Gasteiger partial charge in [-0.1, -0.05) is 17.7 Å². The highest BCUT2D eigenvalue weighted by Gasteiger charge is 2.15. The van der Waals surface area contributed by atoms with E-state index < -0.39 is 6.04 Å². The van der Waals surface area contributed by atoms with Gasteiger partial charge in [-0.05, 0) is 25.1 Å². The van der Waals surface area contributed by atoms with E-state index in [0.717, 1.165) is 0 Å². The maximum atomic E-state index is 11.9. The van der Waals surface area contributed by atoms with Gasteiger partial charge >= 0.3 is 0 Å². The van der Waals surface area contributed by atoms with Crippen molar-refractivity contribution in [2.45, 2.75) is 13.0 Å². The molecule has 0 radical (unpaired) electrons. The average molecular weight is 251 g/mol. The van der Waals surface area contributed by atoms with E-state index in [2.05, 4.69) is 15.4 Å². The molecule has 2 rings (SSSR count). The van der Waals surface area contributed by atoms with E-state index >= 15 is 0 Å². The van der Waals surface area contributed by atoms with Crippen molar-refractivity contribution in [3.63, 3.8) is 0 Å². The molecule has 0 aliphatic heterocycles. The zero-order chi connectivity index (χ0) is 12.3. The first-order valence-electron chi connectivity index (χ1n) is 5.09. The van der Waals surface area contributed by atoms with E-state index in [0.29, 0.717) is 11.0 Å². The lowest BCUT2D eigenvalue weighted by molar-refractivity contribution is -0.119. The maximum Gasteiger partial charge on any atom is 0.250 e. The Bertz CT molecular complexity index is 512. The summed E-state index contributed by atoms with van der Waals surface area (Å²) in [5.41, 5.74) is 0. The fourth-order valence-corrected chi connectivity index (χ4v) is 1.50. The largest absolute Gasteiger partial charge is 0.309 e. The zero-order valence-electron chi connectivity index (χ0n) is 9.17. The van der Waals surface area contributed by atoms with E-state index in [4.69, 9.17) is 11.6 Å². The minimum Gasteiger partial charge on any atom is -0.309 e. The fraction of sp³-hybridized carbons (Fsp3) is 0.182. The first kappa shape index (κ1) is 11.6. The number of carbonyl (C=O) groups is 1. The van der Waals surface area contributed by atoms with Crippen LogP contribution in [0.5, 0.6) is 0 Å². The van der Waals surface area contributed by atoms with Crippen molar-refractivity contribution in [1.82, 2.24) is 14.8 Å². The molecule has 1 amide bonds. The van der Waals surface area contributed by atoms with Gasteiger partial charge in [-0.3, -0.25) is 9.48 Å². The van der Waals surface area contributed by atoms with E-state index in [1.165, 1.54) is 0 Å². The number of hydrogen-bond donors (Lipinski definition) is 1. The van der Waals surface area contributed by atoms with Crippen LogP contribution < -0.4 is 5.32 Å². The zero-order valence-corrected chi connectivity index (χ0v) is 9.93. The third kappa shape index (κ3) is 2.82. The van der Waals surface area contributed by atoms with Crippen molar-refractivity contribution < 1.29 is 4.79 Å². The highest BCUT2D eigenvalue weighted by Crippen LogP contribution is 2.12. The number of halogens is 1. The Hall–Kier alpha value is -1.88.